The van der Waals surface area contributed by atoms with E-state index in [1.807, 2.05) is 0 Å². The number of hydrogen-bond acceptors (Lipinski definition) is 2. The largest absolute Gasteiger partial charge is 0.369 e. The smallest absolute Gasteiger partial charge is 0.144 e. The van der Waals surface area contributed by atoms with E-state index in [0.29, 0.717) is 15.9 Å². The van der Waals surface area contributed by atoms with Crippen LogP contribution < -0.4 is 5.32 Å². The molecule has 2 nitrogen and oxygen atoms in total. The Morgan fingerprint density at radius 1 is 1.36 bits per heavy atom. The fourth-order valence-corrected chi connectivity index (χ4v) is 1.57. The normalized spacial score (nSPS) is 10.2. The van der Waals surface area contributed by atoms with Gasteiger partial charge in [0.25, 0.3) is 0 Å². The zero-order valence-electron chi connectivity index (χ0n) is 8.19. The van der Waals surface area contributed by atoms with Gasteiger partial charge in [-0.25, -0.2) is 4.98 Å². The molecular weight excluding hydrogens is 219 g/mol. The number of anilines is 1. The number of pyridine rings is 1. The molecule has 78 valence electrons. The number of rotatable bonds is 5. The minimum atomic E-state index is 0.564. The Labute approximate surface area is 94.6 Å². The van der Waals surface area contributed by atoms with Crippen LogP contribution in [0.2, 0.25) is 10.0 Å². The van der Waals surface area contributed by atoms with Crippen LogP contribution in [0.15, 0.2) is 12.3 Å². The second-order valence-corrected chi connectivity index (χ2v) is 3.96. The molecule has 14 heavy (non-hydrogen) atoms. The maximum absolute atomic E-state index is 5.93. The van der Waals surface area contributed by atoms with Gasteiger partial charge in [-0.3, -0.25) is 0 Å². The van der Waals surface area contributed by atoms with Gasteiger partial charge in [-0.2, -0.15) is 0 Å². The van der Waals surface area contributed by atoms with Crippen molar-refractivity contribution in [3.8, 4) is 0 Å². The molecule has 0 aliphatic carbocycles. The van der Waals surface area contributed by atoms with Gasteiger partial charge in [0, 0.05) is 12.7 Å². The standard InChI is InChI=1S/C10H14Cl2N2/c1-2-3-4-5-13-10-9(12)6-8(11)7-14-10/h6-7H,2-5H2,1H3,(H,13,14). The third-order valence-corrected chi connectivity index (χ3v) is 2.38. The number of nitrogens with zero attached hydrogens (tertiary/aromatic N) is 1. The molecule has 0 radical (unpaired) electrons. The van der Waals surface area contributed by atoms with Gasteiger partial charge in [0.15, 0.2) is 0 Å². The van der Waals surface area contributed by atoms with Gasteiger partial charge in [0.05, 0.1) is 10.0 Å². The summed E-state index contributed by atoms with van der Waals surface area (Å²) in [6, 6.07) is 1.69. The van der Waals surface area contributed by atoms with Crippen molar-refractivity contribution < 1.29 is 0 Å². The van der Waals surface area contributed by atoms with Gasteiger partial charge in [-0.05, 0) is 12.5 Å². The monoisotopic (exact) mass is 232 g/mol. The van der Waals surface area contributed by atoms with E-state index in [0.717, 1.165) is 13.0 Å². The Kier molecular flexibility index (Phi) is 5.05. The van der Waals surface area contributed by atoms with E-state index in [-0.39, 0.29) is 0 Å². The van der Waals surface area contributed by atoms with E-state index >= 15 is 0 Å². The first kappa shape index (κ1) is 11.6. The summed E-state index contributed by atoms with van der Waals surface area (Å²) in [4.78, 5) is 4.10. The number of aromatic nitrogens is 1. The molecule has 0 aliphatic heterocycles. The summed E-state index contributed by atoms with van der Waals surface area (Å²) < 4.78 is 0. The van der Waals surface area contributed by atoms with Crippen molar-refractivity contribution >= 4 is 29.0 Å². The van der Waals surface area contributed by atoms with E-state index in [2.05, 4.69) is 17.2 Å². The van der Waals surface area contributed by atoms with Gasteiger partial charge in [-0.15, -0.1) is 0 Å². The van der Waals surface area contributed by atoms with E-state index in [1.54, 1.807) is 12.3 Å². The lowest BCUT2D eigenvalue weighted by Crippen LogP contribution is -2.03. The van der Waals surface area contributed by atoms with Crippen LogP contribution in [0.4, 0.5) is 5.82 Å². The quantitative estimate of drug-likeness (QED) is 0.777. The summed E-state index contributed by atoms with van der Waals surface area (Å²) in [5.74, 6) is 0.715. The lowest BCUT2D eigenvalue weighted by molar-refractivity contribution is 0.742. The lowest BCUT2D eigenvalue weighted by atomic mass is 10.2. The van der Waals surface area contributed by atoms with Crippen molar-refractivity contribution in [1.29, 1.82) is 0 Å². The molecule has 0 spiro atoms. The number of unbranched alkanes of at least 4 members (excludes halogenated alkanes) is 2. The minimum Gasteiger partial charge on any atom is -0.369 e. The van der Waals surface area contributed by atoms with Crippen LogP contribution in [0.25, 0.3) is 0 Å². The Balaban J connectivity index is 2.42. The molecule has 0 saturated carbocycles. The SMILES string of the molecule is CCCCCNc1ncc(Cl)cc1Cl. The first-order valence-corrected chi connectivity index (χ1v) is 5.54. The second-order valence-electron chi connectivity index (χ2n) is 3.12. The van der Waals surface area contributed by atoms with E-state index < -0.39 is 0 Å². The molecule has 1 aromatic heterocycles. The van der Waals surface area contributed by atoms with Crippen molar-refractivity contribution in [2.24, 2.45) is 0 Å². The number of halogens is 2. The minimum absolute atomic E-state index is 0.564. The molecule has 0 bridgehead atoms. The topological polar surface area (TPSA) is 24.9 Å². The van der Waals surface area contributed by atoms with E-state index in [9.17, 15) is 0 Å². The summed E-state index contributed by atoms with van der Waals surface area (Å²) in [5, 5.41) is 4.32. The van der Waals surface area contributed by atoms with Gasteiger partial charge in [-0.1, -0.05) is 43.0 Å². The molecule has 0 aromatic carbocycles. The Morgan fingerprint density at radius 3 is 2.79 bits per heavy atom. The summed E-state index contributed by atoms with van der Waals surface area (Å²) in [7, 11) is 0. The molecule has 0 amide bonds. The lowest BCUT2D eigenvalue weighted by Gasteiger charge is -2.06. The van der Waals surface area contributed by atoms with Crippen molar-refractivity contribution in [3.63, 3.8) is 0 Å². The van der Waals surface area contributed by atoms with Crippen LogP contribution in [0, 0.1) is 0 Å². The Hall–Kier alpha value is -0.470. The van der Waals surface area contributed by atoms with Gasteiger partial charge in [0.1, 0.15) is 5.82 Å². The molecule has 0 atom stereocenters. The molecule has 4 heteroatoms. The van der Waals surface area contributed by atoms with Crippen LogP contribution >= 0.6 is 23.2 Å². The van der Waals surface area contributed by atoms with E-state index in [1.165, 1.54) is 12.8 Å². The highest BCUT2D eigenvalue weighted by Crippen LogP contribution is 2.22. The van der Waals surface area contributed by atoms with E-state index in [4.69, 9.17) is 23.2 Å². The molecule has 0 unspecified atom stereocenters. The summed E-state index contributed by atoms with van der Waals surface area (Å²) >= 11 is 11.7. The first-order valence-electron chi connectivity index (χ1n) is 4.79. The average Bonchev–Trinajstić information content (AvgIpc) is 2.15. The zero-order valence-corrected chi connectivity index (χ0v) is 9.70. The fourth-order valence-electron chi connectivity index (χ4n) is 1.13. The molecule has 0 aliphatic rings. The van der Waals surface area contributed by atoms with Crippen molar-refractivity contribution in [2.75, 3.05) is 11.9 Å². The third kappa shape index (κ3) is 3.72. The fraction of sp³-hybridized carbons (Fsp3) is 0.500. The summed E-state index contributed by atoms with van der Waals surface area (Å²) in [6.07, 6.45) is 5.16. The average molecular weight is 233 g/mol. The molecule has 0 fully saturated rings. The van der Waals surface area contributed by atoms with Crippen LogP contribution in [-0.4, -0.2) is 11.5 Å². The Morgan fingerprint density at radius 2 is 2.14 bits per heavy atom. The van der Waals surface area contributed by atoms with Crippen LogP contribution in [-0.2, 0) is 0 Å². The predicted octanol–water partition coefficient (Wildman–Crippen LogP) is 3.99. The maximum atomic E-state index is 5.93. The van der Waals surface area contributed by atoms with Gasteiger partial charge in [0.2, 0.25) is 0 Å². The maximum Gasteiger partial charge on any atom is 0.144 e. The molecular formula is C10H14Cl2N2. The Bertz CT molecular complexity index is 289. The molecule has 0 saturated heterocycles. The molecule has 1 rings (SSSR count). The molecule has 1 heterocycles. The highest BCUT2D eigenvalue weighted by Gasteiger charge is 2.00. The summed E-state index contributed by atoms with van der Waals surface area (Å²) in [5.41, 5.74) is 0. The second kappa shape index (κ2) is 6.10. The van der Waals surface area contributed by atoms with Crippen molar-refractivity contribution in [1.82, 2.24) is 4.98 Å². The van der Waals surface area contributed by atoms with Crippen molar-refractivity contribution in [3.05, 3.63) is 22.3 Å². The zero-order chi connectivity index (χ0) is 10.4. The van der Waals surface area contributed by atoms with Crippen LogP contribution in [0.5, 0.6) is 0 Å². The number of nitrogens with one attached hydrogen (secondary N) is 1. The van der Waals surface area contributed by atoms with Crippen molar-refractivity contribution in [2.45, 2.75) is 26.2 Å². The van der Waals surface area contributed by atoms with Gasteiger partial charge < -0.3 is 5.32 Å². The molecule has 1 N–H and O–H groups in total. The predicted molar refractivity (Wildman–Crippen MR) is 62.3 cm³/mol. The third-order valence-electron chi connectivity index (χ3n) is 1.88. The van der Waals surface area contributed by atoms with Crippen LogP contribution in [0.3, 0.4) is 0 Å². The van der Waals surface area contributed by atoms with Gasteiger partial charge >= 0.3 is 0 Å². The molecule has 1 aromatic rings. The summed E-state index contributed by atoms with van der Waals surface area (Å²) in [6.45, 7) is 3.08. The highest BCUT2D eigenvalue weighted by molar-refractivity contribution is 6.35. The number of hydrogen-bond donors (Lipinski definition) is 1. The highest BCUT2D eigenvalue weighted by atomic mass is 35.5. The first-order chi connectivity index (χ1) is 6.74. The van der Waals surface area contributed by atoms with Crippen LogP contribution in [0.1, 0.15) is 26.2 Å².